The summed E-state index contributed by atoms with van der Waals surface area (Å²) in [5.74, 6) is 0.450. The maximum Gasteiger partial charge on any atom is 0.259 e. The summed E-state index contributed by atoms with van der Waals surface area (Å²) in [7, 11) is 0. The number of aryl methyl sites for hydroxylation is 1. The first-order valence-electron chi connectivity index (χ1n) is 7.26. The van der Waals surface area contributed by atoms with E-state index < -0.39 is 0 Å². The van der Waals surface area contributed by atoms with Gasteiger partial charge in [-0.15, -0.1) is 0 Å². The molecule has 0 saturated heterocycles. The number of anilines is 1. The van der Waals surface area contributed by atoms with E-state index in [0.717, 1.165) is 12.1 Å². The molecule has 21 heavy (non-hydrogen) atoms. The molecule has 0 aliphatic carbocycles. The third kappa shape index (κ3) is 4.09. The summed E-state index contributed by atoms with van der Waals surface area (Å²) in [5.41, 5.74) is 2.58. The van der Waals surface area contributed by atoms with E-state index in [-0.39, 0.29) is 12.0 Å². The molecule has 0 aliphatic heterocycles. The van der Waals surface area contributed by atoms with Crippen molar-refractivity contribution in [2.24, 2.45) is 0 Å². The number of para-hydroxylation sites is 1. The molecule has 0 aromatic heterocycles. The second-order valence-corrected chi connectivity index (χ2v) is 5.17. The van der Waals surface area contributed by atoms with Gasteiger partial charge in [-0.2, -0.15) is 0 Å². The molecule has 0 fully saturated rings. The van der Waals surface area contributed by atoms with E-state index in [1.54, 1.807) is 6.07 Å². The minimum Gasteiger partial charge on any atom is -0.490 e. The highest BCUT2D eigenvalue weighted by atomic mass is 16.5. The summed E-state index contributed by atoms with van der Waals surface area (Å²) >= 11 is 0. The molecule has 3 nitrogen and oxygen atoms in total. The summed E-state index contributed by atoms with van der Waals surface area (Å²) < 4.78 is 5.68. The molecule has 2 rings (SSSR count). The van der Waals surface area contributed by atoms with Gasteiger partial charge in [0.25, 0.3) is 5.91 Å². The van der Waals surface area contributed by atoms with Crippen molar-refractivity contribution in [3.05, 3.63) is 59.7 Å². The monoisotopic (exact) mass is 283 g/mol. The molecule has 3 heteroatoms. The highest BCUT2D eigenvalue weighted by Crippen LogP contribution is 2.21. The van der Waals surface area contributed by atoms with E-state index >= 15 is 0 Å². The van der Waals surface area contributed by atoms with Gasteiger partial charge in [0, 0.05) is 5.69 Å². The second-order valence-electron chi connectivity index (χ2n) is 5.17. The Morgan fingerprint density at radius 2 is 1.76 bits per heavy atom. The maximum atomic E-state index is 12.4. The minimum absolute atomic E-state index is 0.0304. The van der Waals surface area contributed by atoms with Gasteiger partial charge < -0.3 is 10.1 Å². The zero-order valence-corrected chi connectivity index (χ0v) is 12.7. The van der Waals surface area contributed by atoms with Crippen LogP contribution in [0, 0.1) is 0 Å². The van der Waals surface area contributed by atoms with Gasteiger partial charge >= 0.3 is 0 Å². The van der Waals surface area contributed by atoms with Gasteiger partial charge in [0.1, 0.15) is 5.75 Å². The van der Waals surface area contributed by atoms with Crippen molar-refractivity contribution in [1.29, 1.82) is 0 Å². The highest BCUT2D eigenvalue weighted by molar-refractivity contribution is 6.06. The molecule has 0 aliphatic rings. The lowest BCUT2D eigenvalue weighted by Gasteiger charge is -2.14. The van der Waals surface area contributed by atoms with Crippen molar-refractivity contribution >= 4 is 11.6 Å². The number of hydrogen-bond donors (Lipinski definition) is 1. The van der Waals surface area contributed by atoms with Crippen LogP contribution in [0.5, 0.6) is 5.75 Å². The van der Waals surface area contributed by atoms with Crippen molar-refractivity contribution in [2.75, 3.05) is 5.32 Å². The Morgan fingerprint density at radius 3 is 2.38 bits per heavy atom. The second kappa shape index (κ2) is 6.93. The molecule has 0 spiro atoms. The Morgan fingerprint density at radius 1 is 1.10 bits per heavy atom. The first kappa shape index (κ1) is 15.1. The molecular formula is C18H21NO2. The normalized spacial score (nSPS) is 10.5. The Hall–Kier alpha value is -2.29. The fourth-order valence-corrected chi connectivity index (χ4v) is 2.03. The van der Waals surface area contributed by atoms with E-state index in [4.69, 9.17) is 4.74 Å². The maximum absolute atomic E-state index is 12.4. The van der Waals surface area contributed by atoms with E-state index in [1.165, 1.54) is 5.56 Å². The van der Waals surface area contributed by atoms with Crippen LogP contribution >= 0.6 is 0 Å². The molecule has 0 bridgehead atoms. The number of carbonyl (C=O) groups excluding carboxylic acids is 1. The summed E-state index contributed by atoms with van der Waals surface area (Å²) in [4.78, 5) is 12.4. The van der Waals surface area contributed by atoms with Gasteiger partial charge in [0.15, 0.2) is 0 Å². The molecule has 0 radical (unpaired) electrons. The molecule has 0 atom stereocenters. The largest absolute Gasteiger partial charge is 0.490 e. The molecule has 110 valence electrons. The lowest BCUT2D eigenvalue weighted by atomic mass is 10.1. The molecule has 0 unspecified atom stereocenters. The van der Waals surface area contributed by atoms with Gasteiger partial charge in [0.2, 0.25) is 0 Å². The van der Waals surface area contributed by atoms with Crippen LogP contribution in [0.25, 0.3) is 0 Å². The summed E-state index contributed by atoms with van der Waals surface area (Å²) in [5, 5.41) is 2.90. The van der Waals surface area contributed by atoms with Gasteiger partial charge in [-0.1, -0.05) is 31.2 Å². The molecule has 1 amide bonds. The molecule has 1 N–H and O–H groups in total. The number of hydrogen-bond acceptors (Lipinski definition) is 2. The molecular weight excluding hydrogens is 262 g/mol. The lowest BCUT2D eigenvalue weighted by molar-refractivity contribution is 0.102. The Labute approximate surface area is 126 Å². The zero-order chi connectivity index (χ0) is 15.2. The predicted octanol–water partition coefficient (Wildman–Crippen LogP) is 4.29. The predicted molar refractivity (Wildman–Crippen MR) is 86.0 cm³/mol. The number of amides is 1. The summed E-state index contributed by atoms with van der Waals surface area (Å²) in [6.45, 7) is 5.99. The quantitative estimate of drug-likeness (QED) is 0.889. The summed E-state index contributed by atoms with van der Waals surface area (Å²) in [6, 6.07) is 15.2. The fourth-order valence-electron chi connectivity index (χ4n) is 2.03. The van der Waals surface area contributed by atoms with Gasteiger partial charge in [-0.05, 0) is 50.1 Å². The van der Waals surface area contributed by atoms with Gasteiger partial charge in [-0.25, -0.2) is 0 Å². The first-order valence-corrected chi connectivity index (χ1v) is 7.26. The van der Waals surface area contributed by atoms with Crippen molar-refractivity contribution in [3.63, 3.8) is 0 Å². The van der Waals surface area contributed by atoms with Crippen LogP contribution in [-0.2, 0) is 6.42 Å². The van der Waals surface area contributed by atoms with Crippen molar-refractivity contribution in [1.82, 2.24) is 0 Å². The number of carbonyl (C=O) groups is 1. The van der Waals surface area contributed by atoms with Crippen LogP contribution in [0.15, 0.2) is 48.5 Å². The van der Waals surface area contributed by atoms with Crippen LogP contribution in [0.3, 0.4) is 0 Å². The van der Waals surface area contributed by atoms with Crippen LogP contribution < -0.4 is 10.1 Å². The fraction of sp³-hybridized carbons (Fsp3) is 0.278. The van der Waals surface area contributed by atoms with Crippen molar-refractivity contribution in [2.45, 2.75) is 33.3 Å². The highest BCUT2D eigenvalue weighted by Gasteiger charge is 2.13. The lowest BCUT2D eigenvalue weighted by Crippen LogP contribution is -2.15. The van der Waals surface area contributed by atoms with E-state index in [1.807, 2.05) is 56.3 Å². The Balaban J connectivity index is 2.16. The van der Waals surface area contributed by atoms with Crippen molar-refractivity contribution in [3.8, 4) is 5.75 Å². The van der Waals surface area contributed by atoms with Gasteiger partial charge in [0.05, 0.1) is 11.7 Å². The number of ether oxygens (including phenoxy) is 1. The Kier molecular flexibility index (Phi) is 4.99. The average molecular weight is 283 g/mol. The Bertz CT molecular complexity index is 603. The standard InChI is InChI=1S/C18H21NO2/c1-4-14-9-11-15(12-10-14)19-18(20)16-7-5-6-8-17(16)21-13(2)3/h5-13H,4H2,1-3H3,(H,19,20). The number of nitrogens with one attached hydrogen (secondary N) is 1. The molecule has 2 aromatic rings. The van der Waals surface area contributed by atoms with Crippen LogP contribution in [0.2, 0.25) is 0 Å². The van der Waals surface area contributed by atoms with Crippen LogP contribution in [0.1, 0.15) is 36.7 Å². The molecule has 0 saturated carbocycles. The van der Waals surface area contributed by atoms with E-state index in [9.17, 15) is 4.79 Å². The van der Waals surface area contributed by atoms with Crippen LogP contribution in [0.4, 0.5) is 5.69 Å². The number of benzene rings is 2. The zero-order valence-electron chi connectivity index (χ0n) is 12.7. The summed E-state index contributed by atoms with van der Waals surface area (Å²) in [6.07, 6.45) is 1.02. The average Bonchev–Trinajstić information content (AvgIpc) is 2.48. The third-order valence-electron chi connectivity index (χ3n) is 3.11. The SMILES string of the molecule is CCc1ccc(NC(=O)c2ccccc2OC(C)C)cc1. The first-order chi connectivity index (χ1) is 10.1. The third-order valence-corrected chi connectivity index (χ3v) is 3.11. The van der Waals surface area contributed by atoms with Crippen LogP contribution in [-0.4, -0.2) is 12.0 Å². The topological polar surface area (TPSA) is 38.3 Å². The molecule has 0 heterocycles. The smallest absolute Gasteiger partial charge is 0.259 e. The van der Waals surface area contributed by atoms with Crippen molar-refractivity contribution < 1.29 is 9.53 Å². The van der Waals surface area contributed by atoms with E-state index in [0.29, 0.717) is 11.3 Å². The minimum atomic E-state index is -0.157. The van der Waals surface area contributed by atoms with Gasteiger partial charge in [-0.3, -0.25) is 4.79 Å². The van der Waals surface area contributed by atoms with E-state index in [2.05, 4.69) is 12.2 Å². The molecule has 2 aromatic carbocycles. The number of rotatable bonds is 5.